The highest BCUT2D eigenvalue weighted by atomic mass is 19.1. The van der Waals surface area contributed by atoms with E-state index in [2.05, 4.69) is 4.98 Å². The molecule has 0 fully saturated rings. The zero-order valence-corrected chi connectivity index (χ0v) is 12.6. The molecule has 2 N–H and O–H groups in total. The predicted octanol–water partition coefficient (Wildman–Crippen LogP) is 4.00. The number of ether oxygens (including phenoxy) is 1. The lowest BCUT2D eigenvalue weighted by molar-refractivity contribution is -0.136. The van der Waals surface area contributed by atoms with Crippen LogP contribution in [0.1, 0.15) is 12.0 Å². The normalized spacial score (nSPS) is 10.9. The first kappa shape index (κ1) is 15.1. The van der Waals surface area contributed by atoms with Crippen molar-refractivity contribution in [3.8, 4) is 17.0 Å². The van der Waals surface area contributed by atoms with Gasteiger partial charge in [0.05, 0.1) is 7.11 Å². The number of fused-ring (bicyclic) bond motifs is 1. The molecule has 0 unspecified atom stereocenters. The largest absolute Gasteiger partial charge is 0.497 e. The molecule has 0 radical (unpaired) electrons. The van der Waals surface area contributed by atoms with Crippen molar-refractivity contribution in [3.05, 3.63) is 53.8 Å². The van der Waals surface area contributed by atoms with Crippen molar-refractivity contribution in [3.63, 3.8) is 0 Å². The van der Waals surface area contributed by atoms with Crippen LogP contribution in [0.5, 0.6) is 5.75 Å². The van der Waals surface area contributed by atoms with Crippen molar-refractivity contribution in [2.45, 2.75) is 12.8 Å². The fourth-order valence-corrected chi connectivity index (χ4v) is 2.71. The molecule has 118 valence electrons. The summed E-state index contributed by atoms with van der Waals surface area (Å²) in [6.45, 7) is 0. The third kappa shape index (κ3) is 3.04. The molecular weight excluding hydrogens is 297 g/mol. The summed E-state index contributed by atoms with van der Waals surface area (Å²) in [6, 6.07) is 11.8. The van der Waals surface area contributed by atoms with E-state index in [1.165, 1.54) is 12.1 Å². The lowest BCUT2D eigenvalue weighted by Gasteiger charge is -2.05. The molecule has 3 aromatic rings. The van der Waals surface area contributed by atoms with Gasteiger partial charge in [0, 0.05) is 23.0 Å². The monoisotopic (exact) mass is 313 g/mol. The third-order valence-electron chi connectivity index (χ3n) is 3.84. The summed E-state index contributed by atoms with van der Waals surface area (Å²) >= 11 is 0. The SMILES string of the molecule is COc1ccc2[nH]c(-c3ccc(F)cc3)c(CCC(=O)O)c2c1. The first-order valence-electron chi connectivity index (χ1n) is 7.25. The number of nitrogens with one attached hydrogen (secondary N) is 1. The van der Waals surface area contributed by atoms with Crippen LogP contribution in [0.4, 0.5) is 4.39 Å². The Kier molecular flexibility index (Phi) is 4.02. The van der Waals surface area contributed by atoms with Crippen molar-refractivity contribution < 1.29 is 19.0 Å². The summed E-state index contributed by atoms with van der Waals surface area (Å²) in [5.41, 5.74) is 3.43. The Hall–Kier alpha value is -2.82. The van der Waals surface area contributed by atoms with Crippen molar-refractivity contribution in [1.82, 2.24) is 4.98 Å². The number of aliphatic carboxylic acids is 1. The number of carbonyl (C=O) groups is 1. The van der Waals surface area contributed by atoms with E-state index in [1.807, 2.05) is 18.2 Å². The molecule has 1 aromatic heterocycles. The molecule has 0 amide bonds. The van der Waals surface area contributed by atoms with Gasteiger partial charge in [0.15, 0.2) is 0 Å². The van der Waals surface area contributed by atoms with Gasteiger partial charge in [-0.1, -0.05) is 0 Å². The number of hydrogen-bond acceptors (Lipinski definition) is 2. The molecule has 1 heterocycles. The number of H-pyrrole nitrogens is 1. The summed E-state index contributed by atoms with van der Waals surface area (Å²) in [4.78, 5) is 14.3. The van der Waals surface area contributed by atoms with E-state index in [-0.39, 0.29) is 12.2 Å². The van der Waals surface area contributed by atoms with Gasteiger partial charge in [-0.3, -0.25) is 4.79 Å². The van der Waals surface area contributed by atoms with Crippen LogP contribution in [0.2, 0.25) is 0 Å². The molecule has 23 heavy (non-hydrogen) atoms. The molecule has 4 nitrogen and oxygen atoms in total. The first-order valence-corrected chi connectivity index (χ1v) is 7.25. The number of carboxylic acids is 1. The molecule has 0 saturated heterocycles. The third-order valence-corrected chi connectivity index (χ3v) is 3.84. The van der Waals surface area contributed by atoms with E-state index in [0.717, 1.165) is 27.7 Å². The topological polar surface area (TPSA) is 62.3 Å². The Morgan fingerprint density at radius 2 is 1.96 bits per heavy atom. The summed E-state index contributed by atoms with van der Waals surface area (Å²) in [7, 11) is 1.59. The van der Waals surface area contributed by atoms with E-state index in [1.54, 1.807) is 19.2 Å². The smallest absolute Gasteiger partial charge is 0.303 e. The van der Waals surface area contributed by atoms with Crippen molar-refractivity contribution in [2.75, 3.05) is 7.11 Å². The average Bonchev–Trinajstić information content (AvgIpc) is 2.91. The molecule has 5 heteroatoms. The van der Waals surface area contributed by atoms with Crippen LogP contribution < -0.4 is 4.74 Å². The highest BCUT2D eigenvalue weighted by Crippen LogP contribution is 2.33. The number of methoxy groups -OCH3 is 1. The van der Waals surface area contributed by atoms with Gasteiger partial charge in [-0.15, -0.1) is 0 Å². The van der Waals surface area contributed by atoms with Crippen LogP contribution in [0.15, 0.2) is 42.5 Å². The van der Waals surface area contributed by atoms with E-state index in [9.17, 15) is 9.18 Å². The number of aromatic nitrogens is 1. The van der Waals surface area contributed by atoms with Crippen LogP contribution in [0, 0.1) is 5.82 Å². The number of halogens is 1. The molecule has 0 aliphatic carbocycles. The Morgan fingerprint density at radius 1 is 1.22 bits per heavy atom. The minimum Gasteiger partial charge on any atom is -0.497 e. The van der Waals surface area contributed by atoms with Gasteiger partial charge in [0.1, 0.15) is 11.6 Å². The number of aromatic amines is 1. The number of carboxylic acid groups (broad SMARTS) is 1. The number of aryl methyl sites for hydroxylation is 1. The molecule has 3 rings (SSSR count). The molecule has 0 bridgehead atoms. The zero-order valence-electron chi connectivity index (χ0n) is 12.6. The Bertz CT molecular complexity index is 853. The molecule has 0 aliphatic rings. The lowest BCUT2D eigenvalue weighted by Crippen LogP contribution is -1.98. The molecular formula is C18H16FNO3. The average molecular weight is 313 g/mol. The second-order valence-electron chi connectivity index (χ2n) is 5.29. The summed E-state index contributed by atoms with van der Waals surface area (Å²) < 4.78 is 18.4. The maximum atomic E-state index is 13.2. The number of rotatable bonds is 5. The van der Waals surface area contributed by atoms with Gasteiger partial charge in [-0.2, -0.15) is 0 Å². The van der Waals surface area contributed by atoms with E-state index in [0.29, 0.717) is 12.2 Å². The van der Waals surface area contributed by atoms with E-state index >= 15 is 0 Å². The van der Waals surface area contributed by atoms with Crippen LogP contribution in [0.3, 0.4) is 0 Å². The maximum Gasteiger partial charge on any atom is 0.303 e. The van der Waals surface area contributed by atoms with Crippen molar-refractivity contribution >= 4 is 16.9 Å². The fraction of sp³-hybridized carbons (Fsp3) is 0.167. The molecule has 0 atom stereocenters. The Labute approximate surface area is 132 Å². The predicted molar refractivity (Wildman–Crippen MR) is 86.2 cm³/mol. The molecule has 0 saturated carbocycles. The van der Waals surface area contributed by atoms with Gasteiger partial charge in [0.25, 0.3) is 0 Å². The lowest BCUT2D eigenvalue weighted by atomic mass is 10.0. The minimum atomic E-state index is -0.854. The second kappa shape index (κ2) is 6.12. The van der Waals surface area contributed by atoms with Crippen molar-refractivity contribution in [2.24, 2.45) is 0 Å². The zero-order chi connectivity index (χ0) is 16.4. The quantitative estimate of drug-likeness (QED) is 0.748. The summed E-state index contributed by atoms with van der Waals surface area (Å²) in [5.74, 6) is -0.454. The fourth-order valence-electron chi connectivity index (χ4n) is 2.71. The molecule has 0 spiro atoms. The minimum absolute atomic E-state index is 0.0261. The highest BCUT2D eigenvalue weighted by Gasteiger charge is 2.15. The van der Waals surface area contributed by atoms with Crippen LogP contribution in [0.25, 0.3) is 22.2 Å². The van der Waals surface area contributed by atoms with Crippen LogP contribution in [-0.4, -0.2) is 23.2 Å². The second-order valence-corrected chi connectivity index (χ2v) is 5.29. The van der Waals surface area contributed by atoms with Gasteiger partial charge in [-0.25, -0.2) is 4.39 Å². The highest BCUT2D eigenvalue weighted by molar-refractivity contribution is 5.92. The standard InChI is InChI=1S/C18H16FNO3/c1-23-13-6-8-16-15(10-13)14(7-9-17(21)22)18(20-16)11-2-4-12(19)5-3-11/h2-6,8,10,20H,7,9H2,1H3,(H,21,22). The summed E-state index contributed by atoms with van der Waals surface area (Å²) in [5, 5.41) is 9.92. The van der Waals surface area contributed by atoms with Gasteiger partial charge in [0.2, 0.25) is 0 Å². The Morgan fingerprint density at radius 3 is 2.61 bits per heavy atom. The first-order chi connectivity index (χ1) is 11.1. The summed E-state index contributed by atoms with van der Waals surface area (Å²) in [6.07, 6.45) is 0.410. The van der Waals surface area contributed by atoms with Gasteiger partial charge < -0.3 is 14.8 Å². The van der Waals surface area contributed by atoms with E-state index in [4.69, 9.17) is 9.84 Å². The molecule has 2 aromatic carbocycles. The van der Waals surface area contributed by atoms with Crippen molar-refractivity contribution in [1.29, 1.82) is 0 Å². The van der Waals surface area contributed by atoms with Gasteiger partial charge in [-0.05, 0) is 60.0 Å². The number of benzene rings is 2. The van der Waals surface area contributed by atoms with E-state index < -0.39 is 5.97 Å². The molecule has 0 aliphatic heterocycles. The number of hydrogen-bond donors (Lipinski definition) is 2. The van der Waals surface area contributed by atoms with Crippen LogP contribution >= 0.6 is 0 Å². The van der Waals surface area contributed by atoms with Gasteiger partial charge >= 0.3 is 5.97 Å². The van der Waals surface area contributed by atoms with Crippen LogP contribution in [-0.2, 0) is 11.2 Å². The Balaban J connectivity index is 2.16. The maximum absolute atomic E-state index is 13.2.